The van der Waals surface area contributed by atoms with Crippen LogP contribution < -0.4 is 5.32 Å². The van der Waals surface area contributed by atoms with Crippen LogP contribution in [-0.2, 0) is 19.3 Å². The van der Waals surface area contributed by atoms with Gasteiger partial charge in [-0.3, -0.25) is 0 Å². The number of hydrogen-bond acceptors (Lipinski definition) is 2. The highest BCUT2D eigenvalue weighted by atomic mass is 32.1. The number of benzene rings is 1. The molecule has 0 saturated carbocycles. The van der Waals surface area contributed by atoms with Crippen molar-refractivity contribution < 1.29 is 0 Å². The summed E-state index contributed by atoms with van der Waals surface area (Å²) in [6.45, 7) is 5.51. The Balaban J connectivity index is 1.82. The maximum Gasteiger partial charge on any atom is 0.0446 e. The molecule has 0 saturated heterocycles. The molecule has 2 aromatic rings. The fourth-order valence-electron chi connectivity index (χ4n) is 3.48. The van der Waals surface area contributed by atoms with Gasteiger partial charge in [0.15, 0.2) is 0 Å². The minimum absolute atomic E-state index is 0.522. The maximum absolute atomic E-state index is 3.75. The molecule has 21 heavy (non-hydrogen) atoms. The van der Waals surface area contributed by atoms with E-state index in [2.05, 4.69) is 55.6 Å². The van der Waals surface area contributed by atoms with E-state index in [0.29, 0.717) is 6.04 Å². The molecule has 0 spiro atoms. The highest BCUT2D eigenvalue weighted by Gasteiger charge is 2.27. The zero-order chi connectivity index (χ0) is 14.7. The van der Waals surface area contributed by atoms with Crippen molar-refractivity contribution in [3.05, 3.63) is 57.3 Å². The van der Waals surface area contributed by atoms with Crippen LogP contribution in [0.3, 0.4) is 0 Å². The summed E-state index contributed by atoms with van der Waals surface area (Å²) in [4.78, 5) is 3.03. The van der Waals surface area contributed by atoms with Gasteiger partial charge >= 0.3 is 0 Å². The van der Waals surface area contributed by atoms with Crippen molar-refractivity contribution in [3.63, 3.8) is 0 Å². The van der Waals surface area contributed by atoms with Crippen LogP contribution in [-0.4, -0.2) is 6.54 Å². The summed E-state index contributed by atoms with van der Waals surface area (Å²) in [5.41, 5.74) is 3.12. The van der Waals surface area contributed by atoms with E-state index >= 15 is 0 Å². The van der Waals surface area contributed by atoms with Crippen molar-refractivity contribution in [2.24, 2.45) is 5.92 Å². The third-order valence-electron chi connectivity index (χ3n) is 4.62. The van der Waals surface area contributed by atoms with Gasteiger partial charge in [0.05, 0.1) is 0 Å². The second-order valence-electron chi connectivity index (χ2n) is 5.96. The number of nitrogens with one attached hydrogen (secondary N) is 1. The van der Waals surface area contributed by atoms with E-state index < -0.39 is 0 Å². The molecule has 0 fully saturated rings. The van der Waals surface area contributed by atoms with Gasteiger partial charge in [-0.1, -0.05) is 38.1 Å². The fourth-order valence-corrected chi connectivity index (χ4v) is 4.60. The summed E-state index contributed by atoms with van der Waals surface area (Å²) in [5.74, 6) is 0.725. The molecule has 2 heteroatoms. The van der Waals surface area contributed by atoms with E-state index in [9.17, 15) is 0 Å². The molecule has 1 N–H and O–H groups in total. The van der Waals surface area contributed by atoms with Crippen molar-refractivity contribution in [1.82, 2.24) is 5.32 Å². The highest BCUT2D eigenvalue weighted by molar-refractivity contribution is 7.12. The van der Waals surface area contributed by atoms with E-state index in [1.807, 2.05) is 11.3 Å². The van der Waals surface area contributed by atoms with Crippen LogP contribution in [0.2, 0.25) is 0 Å². The van der Waals surface area contributed by atoms with Crippen LogP contribution in [0.25, 0.3) is 0 Å². The molecule has 0 radical (unpaired) electrons. The Morgan fingerprint density at radius 3 is 2.67 bits per heavy atom. The van der Waals surface area contributed by atoms with E-state index in [4.69, 9.17) is 0 Å². The fraction of sp³-hybridized carbons (Fsp3) is 0.474. The van der Waals surface area contributed by atoms with Gasteiger partial charge in [0.25, 0.3) is 0 Å². The lowest BCUT2D eigenvalue weighted by Gasteiger charge is -2.31. The van der Waals surface area contributed by atoms with Crippen LogP contribution in [0.4, 0.5) is 0 Å². The van der Waals surface area contributed by atoms with Crippen LogP contribution in [0, 0.1) is 5.92 Å². The van der Waals surface area contributed by atoms with Crippen molar-refractivity contribution in [1.29, 1.82) is 0 Å². The third-order valence-corrected chi connectivity index (χ3v) is 5.93. The van der Waals surface area contributed by atoms with Gasteiger partial charge < -0.3 is 5.32 Å². The first-order valence-corrected chi connectivity index (χ1v) is 9.02. The molecule has 0 aliphatic heterocycles. The summed E-state index contributed by atoms with van der Waals surface area (Å²) < 4.78 is 0. The summed E-state index contributed by atoms with van der Waals surface area (Å²) in [7, 11) is 0. The van der Waals surface area contributed by atoms with Gasteiger partial charge in [0.1, 0.15) is 0 Å². The van der Waals surface area contributed by atoms with Crippen LogP contribution in [0.1, 0.15) is 47.2 Å². The van der Waals surface area contributed by atoms with E-state index in [0.717, 1.165) is 18.9 Å². The first-order valence-electron chi connectivity index (χ1n) is 8.20. The number of thiophene rings is 1. The Kier molecular flexibility index (Phi) is 4.77. The van der Waals surface area contributed by atoms with Crippen molar-refractivity contribution in [2.75, 3.05) is 6.54 Å². The Morgan fingerprint density at radius 1 is 1.14 bits per heavy atom. The molecule has 1 heterocycles. The molecule has 112 valence electrons. The van der Waals surface area contributed by atoms with Gasteiger partial charge in [0.2, 0.25) is 0 Å². The molecule has 1 nitrogen and oxygen atoms in total. The van der Waals surface area contributed by atoms with Gasteiger partial charge in [-0.25, -0.2) is 0 Å². The minimum Gasteiger partial charge on any atom is -0.309 e. The molecule has 2 unspecified atom stereocenters. The largest absolute Gasteiger partial charge is 0.309 e. The second kappa shape index (κ2) is 6.76. The van der Waals surface area contributed by atoms with Crippen LogP contribution in [0.15, 0.2) is 36.4 Å². The van der Waals surface area contributed by atoms with Crippen molar-refractivity contribution >= 4 is 11.3 Å². The Labute approximate surface area is 132 Å². The molecule has 1 aromatic heterocycles. The lowest BCUT2D eigenvalue weighted by atomic mass is 9.79. The van der Waals surface area contributed by atoms with Crippen LogP contribution in [0.5, 0.6) is 0 Å². The molecule has 1 aliphatic carbocycles. The molecular weight excluding hydrogens is 274 g/mol. The molecule has 2 atom stereocenters. The Bertz CT molecular complexity index is 587. The zero-order valence-electron chi connectivity index (χ0n) is 13.1. The number of rotatable bonds is 5. The second-order valence-corrected chi connectivity index (χ2v) is 7.16. The predicted octanol–water partition coefficient (Wildman–Crippen LogP) is 4.77. The summed E-state index contributed by atoms with van der Waals surface area (Å²) in [6.07, 6.45) is 4.90. The van der Waals surface area contributed by atoms with E-state index in [-0.39, 0.29) is 0 Å². The molecule has 3 rings (SSSR count). The third kappa shape index (κ3) is 3.22. The van der Waals surface area contributed by atoms with Crippen molar-refractivity contribution in [2.45, 2.75) is 45.6 Å². The number of hydrogen-bond donors (Lipinski definition) is 1. The first-order chi connectivity index (χ1) is 10.3. The van der Waals surface area contributed by atoms with E-state index in [1.165, 1.54) is 29.0 Å². The topological polar surface area (TPSA) is 12.0 Å². The van der Waals surface area contributed by atoms with Gasteiger partial charge in [0, 0.05) is 15.8 Å². The summed E-state index contributed by atoms with van der Waals surface area (Å²) >= 11 is 1.99. The average molecular weight is 299 g/mol. The average Bonchev–Trinajstić information content (AvgIpc) is 3.01. The highest BCUT2D eigenvalue weighted by Crippen LogP contribution is 2.36. The number of aryl methyl sites for hydroxylation is 2. The SMILES string of the molecule is CCNC(c1ccc(CC)s1)C1CCc2ccccc2C1. The van der Waals surface area contributed by atoms with Gasteiger partial charge in [-0.15, -0.1) is 11.3 Å². The predicted molar refractivity (Wildman–Crippen MR) is 92.1 cm³/mol. The lowest BCUT2D eigenvalue weighted by Crippen LogP contribution is -2.31. The monoisotopic (exact) mass is 299 g/mol. The van der Waals surface area contributed by atoms with E-state index in [1.54, 1.807) is 11.1 Å². The normalized spacial score (nSPS) is 19.2. The molecule has 1 aliphatic rings. The maximum atomic E-state index is 3.75. The van der Waals surface area contributed by atoms with Gasteiger partial charge in [-0.2, -0.15) is 0 Å². The Hall–Kier alpha value is -1.12. The zero-order valence-corrected chi connectivity index (χ0v) is 13.9. The van der Waals surface area contributed by atoms with Crippen molar-refractivity contribution in [3.8, 4) is 0 Å². The summed E-state index contributed by atoms with van der Waals surface area (Å²) in [6, 6.07) is 14.1. The smallest absolute Gasteiger partial charge is 0.0446 e. The molecule has 0 bridgehead atoms. The first kappa shape index (κ1) is 14.8. The standard InChI is InChI=1S/C19H25NS/c1-3-17-11-12-18(21-17)19(20-4-2)16-10-9-14-7-5-6-8-15(14)13-16/h5-8,11-12,16,19-20H,3-4,9-10,13H2,1-2H3. The lowest BCUT2D eigenvalue weighted by molar-refractivity contribution is 0.334. The minimum atomic E-state index is 0.522. The number of fused-ring (bicyclic) bond motifs is 1. The summed E-state index contributed by atoms with van der Waals surface area (Å²) in [5, 5.41) is 3.75. The van der Waals surface area contributed by atoms with Crippen LogP contribution >= 0.6 is 11.3 Å². The quantitative estimate of drug-likeness (QED) is 0.839. The molecule has 1 aromatic carbocycles. The van der Waals surface area contributed by atoms with Gasteiger partial charge in [-0.05, 0) is 61.4 Å². The Morgan fingerprint density at radius 2 is 1.95 bits per heavy atom. The molecular formula is C19H25NS. The molecule has 0 amide bonds.